The first kappa shape index (κ1) is 22.2. The molecule has 1 heterocycles. The second-order valence-corrected chi connectivity index (χ2v) is 7.92. The zero-order chi connectivity index (χ0) is 23.9. The van der Waals surface area contributed by atoms with Gasteiger partial charge in [-0.25, -0.2) is 13.7 Å². The average molecular weight is 448 g/mol. The van der Waals surface area contributed by atoms with Crippen LogP contribution in [0.3, 0.4) is 0 Å². The van der Waals surface area contributed by atoms with Gasteiger partial charge in [-0.15, -0.1) is 0 Å². The number of nitrogens with one attached hydrogen (secondary N) is 1. The largest absolute Gasteiger partial charge is 0.495 e. The van der Waals surface area contributed by atoms with Crippen LogP contribution >= 0.6 is 0 Å². The van der Waals surface area contributed by atoms with E-state index in [2.05, 4.69) is 5.32 Å². The van der Waals surface area contributed by atoms with Crippen LogP contribution in [0.4, 0.5) is 20.2 Å². The first-order valence-corrected chi connectivity index (χ1v) is 10.3. The second kappa shape index (κ2) is 8.50. The molecule has 0 bridgehead atoms. The number of benzene rings is 3. The van der Waals surface area contributed by atoms with Gasteiger partial charge in [-0.2, -0.15) is 0 Å². The van der Waals surface area contributed by atoms with Crippen molar-refractivity contribution in [3.8, 4) is 5.75 Å². The molecule has 33 heavy (non-hydrogen) atoms. The lowest BCUT2D eigenvalue weighted by atomic mass is 9.99. The zero-order valence-electron chi connectivity index (χ0n) is 18.6. The molecule has 2 amide bonds. The summed E-state index contributed by atoms with van der Waals surface area (Å²) in [5.74, 6) is -2.89. The van der Waals surface area contributed by atoms with E-state index in [1.807, 2.05) is 39.0 Å². The van der Waals surface area contributed by atoms with Crippen molar-refractivity contribution >= 4 is 28.8 Å². The molecular formula is C26H22F2N2O3. The minimum absolute atomic E-state index is 0.0298. The van der Waals surface area contributed by atoms with E-state index in [-0.39, 0.29) is 17.0 Å². The number of aryl methyl sites for hydroxylation is 3. The van der Waals surface area contributed by atoms with Crippen LogP contribution in [-0.4, -0.2) is 18.9 Å². The van der Waals surface area contributed by atoms with E-state index in [1.54, 1.807) is 18.2 Å². The van der Waals surface area contributed by atoms with Crippen molar-refractivity contribution in [1.29, 1.82) is 0 Å². The van der Waals surface area contributed by atoms with Gasteiger partial charge in [-0.1, -0.05) is 24.3 Å². The Morgan fingerprint density at radius 1 is 0.818 bits per heavy atom. The van der Waals surface area contributed by atoms with Crippen molar-refractivity contribution in [2.24, 2.45) is 0 Å². The molecule has 1 aliphatic heterocycles. The average Bonchev–Trinajstić information content (AvgIpc) is 3.02. The molecule has 5 nitrogen and oxygen atoms in total. The number of halogens is 2. The van der Waals surface area contributed by atoms with Gasteiger partial charge in [0.15, 0.2) is 11.6 Å². The van der Waals surface area contributed by atoms with Crippen LogP contribution in [0.15, 0.2) is 60.3 Å². The SMILES string of the molecule is COc1ccc(C)cc1N1C(=O)C(Nc2ccc(F)c(F)c2)=C(c2ccc(C)c(C)c2)C1=O. The van der Waals surface area contributed by atoms with Gasteiger partial charge >= 0.3 is 0 Å². The smallest absolute Gasteiger partial charge is 0.282 e. The van der Waals surface area contributed by atoms with Crippen LogP contribution in [0.1, 0.15) is 22.3 Å². The molecule has 0 fully saturated rings. The maximum Gasteiger partial charge on any atom is 0.282 e. The monoisotopic (exact) mass is 448 g/mol. The summed E-state index contributed by atoms with van der Waals surface area (Å²) in [6, 6.07) is 13.8. The molecule has 0 radical (unpaired) electrons. The van der Waals surface area contributed by atoms with Crippen LogP contribution in [0, 0.1) is 32.4 Å². The van der Waals surface area contributed by atoms with Gasteiger partial charge in [0, 0.05) is 11.8 Å². The predicted molar refractivity (Wildman–Crippen MR) is 123 cm³/mol. The highest BCUT2D eigenvalue weighted by molar-refractivity contribution is 6.46. The number of imide groups is 1. The summed E-state index contributed by atoms with van der Waals surface area (Å²) < 4.78 is 32.6. The summed E-state index contributed by atoms with van der Waals surface area (Å²) in [4.78, 5) is 28.2. The molecule has 1 aliphatic rings. The van der Waals surface area contributed by atoms with Crippen molar-refractivity contribution in [2.75, 3.05) is 17.3 Å². The van der Waals surface area contributed by atoms with Crippen molar-refractivity contribution < 1.29 is 23.1 Å². The quantitative estimate of drug-likeness (QED) is 0.539. The van der Waals surface area contributed by atoms with E-state index in [9.17, 15) is 18.4 Å². The summed E-state index contributed by atoms with van der Waals surface area (Å²) in [5.41, 5.74) is 3.90. The first-order chi connectivity index (χ1) is 15.7. The molecule has 3 aromatic rings. The Bertz CT molecular complexity index is 1330. The van der Waals surface area contributed by atoms with Gasteiger partial charge < -0.3 is 10.1 Å². The molecule has 0 saturated carbocycles. The lowest BCUT2D eigenvalue weighted by Crippen LogP contribution is -2.32. The van der Waals surface area contributed by atoms with Crippen LogP contribution in [0.2, 0.25) is 0 Å². The van der Waals surface area contributed by atoms with Gasteiger partial charge in [0.1, 0.15) is 11.4 Å². The van der Waals surface area contributed by atoms with E-state index >= 15 is 0 Å². The van der Waals surface area contributed by atoms with Gasteiger partial charge in [0.05, 0.1) is 18.4 Å². The van der Waals surface area contributed by atoms with Gasteiger partial charge in [0.25, 0.3) is 11.8 Å². The van der Waals surface area contributed by atoms with E-state index in [4.69, 9.17) is 4.74 Å². The maximum atomic E-state index is 13.8. The molecule has 0 spiro atoms. The van der Waals surface area contributed by atoms with Crippen molar-refractivity contribution in [2.45, 2.75) is 20.8 Å². The first-order valence-electron chi connectivity index (χ1n) is 10.3. The topological polar surface area (TPSA) is 58.6 Å². The Morgan fingerprint density at radius 3 is 2.24 bits per heavy atom. The van der Waals surface area contributed by atoms with E-state index in [0.29, 0.717) is 17.0 Å². The summed E-state index contributed by atoms with van der Waals surface area (Å²) in [6.45, 7) is 5.69. The molecule has 7 heteroatoms. The Morgan fingerprint density at radius 2 is 1.58 bits per heavy atom. The lowest BCUT2D eigenvalue weighted by Gasteiger charge is -2.19. The number of carbonyl (C=O) groups excluding carboxylic acids is 2. The van der Waals surface area contributed by atoms with Crippen LogP contribution < -0.4 is 15.0 Å². The fraction of sp³-hybridized carbons (Fsp3) is 0.154. The van der Waals surface area contributed by atoms with Gasteiger partial charge in [0.2, 0.25) is 0 Å². The fourth-order valence-corrected chi connectivity index (χ4v) is 3.72. The zero-order valence-corrected chi connectivity index (χ0v) is 18.6. The molecule has 0 unspecified atom stereocenters. The Labute approximate surface area is 190 Å². The van der Waals surface area contributed by atoms with Gasteiger partial charge in [-0.05, 0) is 67.3 Å². The molecule has 3 aromatic carbocycles. The van der Waals surface area contributed by atoms with Crippen LogP contribution in [0.5, 0.6) is 5.75 Å². The summed E-state index contributed by atoms with van der Waals surface area (Å²) in [7, 11) is 1.46. The van der Waals surface area contributed by atoms with Crippen molar-refractivity contribution in [3.05, 3.63) is 94.2 Å². The molecule has 0 atom stereocenters. The number of amides is 2. The predicted octanol–water partition coefficient (Wildman–Crippen LogP) is 5.30. The lowest BCUT2D eigenvalue weighted by molar-refractivity contribution is -0.120. The number of hydrogen-bond acceptors (Lipinski definition) is 4. The minimum Gasteiger partial charge on any atom is -0.495 e. The van der Waals surface area contributed by atoms with Crippen molar-refractivity contribution in [3.63, 3.8) is 0 Å². The number of anilines is 2. The molecule has 0 aromatic heterocycles. The fourth-order valence-electron chi connectivity index (χ4n) is 3.72. The Kier molecular flexibility index (Phi) is 5.72. The molecule has 0 saturated heterocycles. The molecule has 4 rings (SSSR count). The third-order valence-electron chi connectivity index (χ3n) is 5.64. The molecule has 168 valence electrons. The second-order valence-electron chi connectivity index (χ2n) is 7.92. The van der Waals surface area contributed by atoms with E-state index in [0.717, 1.165) is 33.7 Å². The molecule has 0 aliphatic carbocycles. The van der Waals surface area contributed by atoms with E-state index in [1.165, 1.54) is 13.2 Å². The highest BCUT2D eigenvalue weighted by atomic mass is 19.2. The van der Waals surface area contributed by atoms with Crippen LogP contribution in [-0.2, 0) is 9.59 Å². The third-order valence-corrected chi connectivity index (χ3v) is 5.64. The minimum atomic E-state index is -1.07. The highest BCUT2D eigenvalue weighted by Crippen LogP contribution is 2.38. The molecule has 1 N–H and O–H groups in total. The standard InChI is InChI=1S/C26H22F2N2O3/c1-14-5-10-22(33-4)21(11-14)30-25(31)23(17-7-6-15(2)16(3)12-17)24(26(30)32)29-18-8-9-19(27)20(28)13-18/h5-13,29H,1-4H3. The number of rotatable bonds is 5. The highest BCUT2D eigenvalue weighted by Gasteiger charge is 2.41. The number of hydrogen-bond donors (Lipinski definition) is 1. The van der Waals surface area contributed by atoms with Gasteiger partial charge in [-0.3, -0.25) is 9.59 Å². The number of ether oxygens (including phenoxy) is 1. The summed E-state index contributed by atoms with van der Waals surface area (Å²) >= 11 is 0. The normalized spacial score (nSPS) is 13.7. The Balaban J connectivity index is 1.88. The third kappa shape index (κ3) is 3.98. The summed E-state index contributed by atoms with van der Waals surface area (Å²) in [6.07, 6.45) is 0. The van der Waals surface area contributed by atoms with Crippen molar-refractivity contribution in [1.82, 2.24) is 0 Å². The summed E-state index contributed by atoms with van der Waals surface area (Å²) in [5, 5.41) is 2.84. The number of nitrogens with zero attached hydrogens (tertiary/aromatic N) is 1. The van der Waals surface area contributed by atoms with Crippen LogP contribution in [0.25, 0.3) is 5.57 Å². The maximum absolute atomic E-state index is 13.8. The molecular weight excluding hydrogens is 426 g/mol. The van der Waals surface area contributed by atoms with E-state index < -0.39 is 23.4 Å². The number of methoxy groups -OCH3 is 1. The number of carbonyl (C=O) groups is 2. The Hall–Kier alpha value is -4.00.